The van der Waals surface area contributed by atoms with Gasteiger partial charge < -0.3 is 25.3 Å². The number of benzene rings is 3. The van der Waals surface area contributed by atoms with Crippen molar-refractivity contribution in [3.05, 3.63) is 185 Å². The number of thiazole rings is 1. The zero-order chi connectivity index (χ0) is 52.0. The third-order valence-corrected chi connectivity index (χ3v) is 16.0. The Kier molecular flexibility index (Phi) is 19.0. The first-order valence-electron chi connectivity index (χ1n) is 27.4. The van der Waals surface area contributed by atoms with E-state index in [0.717, 1.165) is 107 Å². The van der Waals surface area contributed by atoms with Gasteiger partial charge in [-0.25, -0.2) is 9.97 Å². The molecule has 3 aromatic carbocycles. The van der Waals surface area contributed by atoms with Gasteiger partial charge in [-0.05, 0) is 174 Å². The molecule has 6 aromatic rings. The lowest BCUT2D eigenvalue weighted by Crippen LogP contribution is -2.32. The number of likely N-dealkylation sites (tertiary alicyclic amines) is 1. The minimum atomic E-state index is 0.266. The molecule has 0 bridgehead atoms. The van der Waals surface area contributed by atoms with Gasteiger partial charge in [-0.1, -0.05) is 118 Å². The Morgan fingerprint density at radius 2 is 1.62 bits per heavy atom. The fourth-order valence-electron chi connectivity index (χ4n) is 11.0. The van der Waals surface area contributed by atoms with E-state index in [4.69, 9.17) is 10.1 Å². The van der Waals surface area contributed by atoms with Gasteiger partial charge >= 0.3 is 0 Å². The number of hydrogen-bond acceptors (Lipinski definition) is 9. The van der Waals surface area contributed by atoms with Crippen molar-refractivity contribution in [1.29, 1.82) is 0 Å². The van der Waals surface area contributed by atoms with Crippen LogP contribution in [-0.2, 0) is 39.3 Å². The van der Waals surface area contributed by atoms with Gasteiger partial charge in [0.25, 0.3) is 0 Å². The number of nitrogens with zero attached hydrogens (tertiary/aromatic N) is 7. The van der Waals surface area contributed by atoms with Crippen LogP contribution in [0, 0.1) is 5.92 Å². The van der Waals surface area contributed by atoms with Gasteiger partial charge in [-0.15, -0.1) is 0 Å². The molecule has 2 N–H and O–H groups in total. The van der Waals surface area contributed by atoms with Gasteiger partial charge in [0.15, 0.2) is 5.13 Å². The van der Waals surface area contributed by atoms with Crippen molar-refractivity contribution in [2.45, 2.75) is 110 Å². The van der Waals surface area contributed by atoms with Crippen molar-refractivity contribution in [2.75, 3.05) is 54.9 Å². The van der Waals surface area contributed by atoms with Crippen LogP contribution in [-0.4, -0.2) is 64.4 Å². The molecule has 3 saturated heterocycles. The highest BCUT2D eigenvalue weighted by Gasteiger charge is 2.27. The molecule has 10 heteroatoms. The second-order valence-corrected chi connectivity index (χ2v) is 21.4. The fourth-order valence-corrected chi connectivity index (χ4v) is 11.7. The number of pyridine rings is 1. The third-order valence-electron chi connectivity index (χ3n) is 15.2. The van der Waals surface area contributed by atoms with E-state index in [9.17, 15) is 0 Å². The van der Waals surface area contributed by atoms with Crippen molar-refractivity contribution >= 4 is 56.7 Å². The molecule has 388 valence electrons. The highest BCUT2D eigenvalue weighted by atomic mass is 32.1. The highest BCUT2D eigenvalue weighted by molar-refractivity contribution is 7.16. The van der Waals surface area contributed by atoms with Gasteiger partial charge in [0.1, 0.15) is 5.82 Å². The summed E-state index contributed by atoms with van der Waals surface area (Å²) in [7, 11) is 4.28. The molecule has 1 unspecified atom stereocenters. The minimum absolute atomic E-state index is 0.266. The summed E-state index contributed by atoms with van der Waals surface area (Å²) in [6, 6.07) is 27.2. The topological polar surface area (TPSA) is 77.4 Å². The summed E-state index contributed by atoms with van der Waals surface area (Å²) in [5.74, 6) is 2.11. The number of anilines is 3. The number of allylic oxidation sites excluding steroid dienone is 5. The van der Waals surface area contributed by atoms with Crippen molar-refractivity contribution in [2.24, 2.45) is 13.0 Å². The van der Waals surface area contributed by atoms with Crippen LogP contribution < -0.4 is 20.4 Å². The predicted molar refractivity (Wildman–Crippen MR) is 318 cm³/mol. The first-order valence-corrected chi connectivity index (χ1v) is 28.2. The maximum atomic E-state index is 5.11. The van der Waals surface area contributed by atoms with Crippen molar-refractivity contribution in [3.8, 4) is 0 Å². The van der Waals surface area contributed by atoms with Crippen LogP contribution in [0.3, 0.4) is 0 Å². The summed E-state index contributed by atoms with van der Waals surface area (Å²) < 4.78 is 2.01. The maximum Gasteiger partial charge on any atom is 0.187 e. The Balaban J connectivity index is 0.000000242. The molecule has 0 radical (unpaired) electrons. The molecular weight excluding hydrogens is 927 g/mol. The van der Waals surface area contributed by atoms with E-state index in [1.54, 1.807) is 11.3 Å². The number of nitrogens with one attached hydrogen (secondary N) is 2. The van der Waals surface area contributed by atoms with Crippen LogP contribution in [0.25, 0.3) is 28.8 Å². The number of rotatable bonds is 16. The summed E-state index contributed by atoms with van der Waals surface area (Å²) in [5, 5.41) is 13.7. The second-order valence-electron chi connectivity index (χ2n) is 20.3. The second kappa shape index (κ2) is 26.1. The zero-order valence-electron chi connectivity index (χ0n) is 45.1. The van der Waals surface area contributed by atoms with Gasteiger partial charge in [-0.2, -0.15) is 5.10 Å². The number of piperidine rings is 2. The maximum absolute atomic E-state index is 5.11. The molecule has 74 heavy (non-hydrogen) atoms. The van der Waals surface area contributed by atoms with E-state index in [0.29, 0.717) is 0 Å². The van der Waals surface area contributed by atoms with Gasteiger partial charge in [0.05, 0.1) is 16.9 Å². The normalized spacial score (nSPS) is 17.2. The molecule has 3 fully saturated rings. The Bertz CT molecular complexity index is 2920. The molecule has 9 nitrogen and oxygen atoms in total. The Morgan fingerprint density at radius 3 is 2.38 bits per heavy atom. The molecule has 4 aliphatic heterocycles. The van der Waals surface area contributed by atoms with Crippen LogP contribution in [0.2, 0.25) is 0 Å². The Morgan fingerprint density at radius 1 is 0.851 bits per heavy atom. The Labute approximate surface area is 447 Å². The summed E-state index contributed by atoms with van der Waals surface area (Å²) >= 11 is 1.62. The summed E-state index contributed by atoms with van der Waals surface area (Å²) in [6.45, 7) is 29.3. The van der Waals surface area contributed by atoms with Gasteiger partial charge in [-0.3, -0.25) is 4.68 Å². The molecule has 10 rings (SSSR count). The number of aryl methyl sites for hydroxylation is 3. The molecule has 3 aromatic heterocycles. The first kappa shape index (κ1) is 53.8. The van der Waals surface area contributed by atoms with E-state index in [2.05, 4.69) is 143 Å². The lowest BCUT2D eigenvalue weighted by atomic mass is 9.90. The monoisotopic (exact) mass is 1010 g/mol. The van der Waals surface area contributed by atoms with Crippen molar-refractivity contribution in [3.63, 3.8) is 0 Å². The third kappa shape index (κ3) is 13.6. The Hall–Kier alpha value is -6.49. The van der Waals surface area contributed by atoms with E-state index in [1.807, 2.05) is 63.0 Å². The molecule has 0 aliphatic carbocycles. The average molecular weight is 1010 g/mol. The van der Waals surface area contributed by atoms with E-state index >= 15 is 0 Å². The molecule has 7 heterocycles. The summed E-state index contributed by atoms with van der Waals surface area (Å²) in [6.07, 6.45) is 25.9. The van der Waals surface area contributed by atoms with E-state index < -0.39 is 0 Å². The first-order chi connectivity index (χ1) is 36.1. The molecular formula is C64H81N9S. The SMILES string of the molecule is C=C1CCC(c2nn(C)c3cc(N4CCCC4)ccc23)C(=C)N1.C=Cc1nc(N2CCc3cccc(C(=C)Nc4ncc(/C=C\C=C/C)s4)c3C2)ccc1CCCCc1ccc(CC2CCN(C)CC2)cc1.CC. The standard InChI is InChI=1S/C43H51N5S.C19H24N4.C2H6/c1-5-7-8-15-38-30-44-43(49-38)45-32(3)39-16-11-14-36-25-28-48(31-40(36)39)42-22-21-37(41(6-2)46-42)13-10-9-12-33-17-19-34(20-18-33)29-35-23-26-47(4)27-24-35;1-13-6-8-16(14(2)20-13)19-17-9-7-15(23-10-4-5-11-23)12-18(17)22(3)21-19;1-2/h5-8,11,14-22,30,35H,2-3,9-10,12-13,23-29,31H2,1,4H3,(H,44,45);7,9,12,16,20H,1-2,4-6,8,10-11H2,3H3;1-2H3/b7-5-,15-8-;;. The van der Waals surface area contributed by atoms with Crippen LogP contribution in [0.4, 0.5) is 16.6 Å². The van der Waals surface area contributed by atoms with Crippen molar-refractivity contribution in [1.82, 2.24) is 30.0 Å². The molecule has 0 spiro atoms. The lowest BCUT2D eigenvalue weighted by molar-refractivity contribution is 0.219. The van der Waals surface area contributed by atoms with E-state index in [-0.39, 0.29) is 5.92 Å². The molecule has 0 saturated carbocycles. The zero-order valence-corrected chi connectivity index (χ0v) is 46.0. The van der Waals surface area contributed by atoms with Crippen molar-refractivity contribution < 1.29 is 0 Å². The number of unbranched alkanes of at least 4 members (excludes halogenated alkanes) is 1. The lowest BCUT2D eigenvalue weighted by Gasteiger charge is -2.32. The molecule has 0 amide bonds. The summed E-state index contributed by atoms with van der Waals surface area (Å²) in [4.78, 5) is 18.1. The molecule has 4 aliphatic rings. The fraction of sp³-hybridized carbons (Fsp3) is 0.391. The predicted octanol–water partition coefficient (Wildman–Crippen LogP) is 14.6. The quantitative estimate of drug-likeness (QED) is 0.0734. The van der Waals surface area contributed by atoms with Crippen LogP contribution >= 0.6 is 11.3 Å². The number of hydrogen-bond donors (Lipinski definition) is 2. The molecule has 1 atom stereocenters. The van der Waals surface area contributed by atoms with Gasteiger partial charge in [0.2, 0.25) is 0 Å². The number of fused-ring (bicyclic) bond motifs is 2. The average Bonchev–Trinajstić information content (AvgIpc) is 4.21. The van der Waals surface area contributed by atoms with Crippen LogP contribution in [0.5, 0.6) is 0 Å². The largest absolute Gasteiger partial charge is 0.371 e. The smallest absolute Gasteiger partial charge is 0.187 e. The van der Waals surface area contributed by atoms with Crippen LogP contribution in [0.1, 0.15) is 128 Å². The minimum Gasteiger partial charge on any atom is -0.371 e. The van der Waals surface area contributed by atoms with Crippen LogP contribution in [0.15, 0.2) is 135 Å². The number of aromatic nitrogens is 4. The highest BCUT2D eigenvalue weighted by Crippen LogP contribution is 2.37. The van der Waals surface area contributed by atoms with E-state index in [1.165, 1.54) is 109 Å². The van der Waals surface area contributed by atoms with Gasteiger partial charge in [0, 0.05) is 83.9 Å². The summed E-state index contributed by atoms with van der Waals surface area (Å²) in [5.41, 5.74) is 15.7.